The van der Waals surface area contributed by atoms with E-state index >= 15 is 0 Å². The molecule has 1 aliphatic heterocycles. The molecule has 2 N–H and O–H groups in total. The Morgan fingerprint density at radius 2 is 2.19 bits per heavy atom. The minimum atomic E-state index is 0.350. The van der Waals surface area contributed by atoms with Gasteiger partial charge in [-0.1, -0.05) is 6.42 Å². The van der Waals surface area contributed by atoms with Crippen molar-refractivity contribution in [1.29, 1.82) is 0 Å². The molecule has 0 aromatic carbocycles. The number of nitrogens with one attached hydrogen (secondary N) is 1. The topological polar surface area (TPSA) is 35.5 Å². The summed E-state index contributed by atoms with van der Waals surface area (Å²) in [6, 6.07) is 1.38. The molecule has 0 spiro atoms. The van der Waals surface area contributed by atoms with E-state index in [4.69, 9.17) is 5.11 Å². The highest BCUT2D eigenvalue weighted by molar-refractivity contribution is 4.92. The van der Waals surface area contributed by atoms with Crippen LogP contribution in [0.25, 0.3) is 0 Å². The largest absolute Gasteiger partial charge is 0.396 e. The number of nitrogens with zero attached hydrogens (tertiary/aromatic N) is 1. The maximum Gasteiger partial charge on any atom is 0.0436 e. The Labute approximate surface area is 99.2 Å². The Balaban J connectivity index is 1.74. The Bertz CT molecular complexity index is 218. The number of likely N-dealkylation sites (tertiary alicyclic amines) is 1. The fraction of sp³-hybridized carbons (Fsp3) is 1.00. The molecular weight excluding hydrogens is 200 g/mol. The number of aliphatic hydroxyl groups is 1. The van der Waals surface area contributed by atoms with E-state index in [1.54, 1.807) is 0 Å². The highest BCUT2D eigenvalue weighted by atomic mass is 16.3. The Morgan fingerprint density at radius 1 is 1.44 bits per heavy atom. The van der Waals surface area contributed by atoms with Crippen molar-refractivity contribution in [2.24, 2.45) is 5.41 Å². The van der Waals surface area contributed by atoms with Crippen molar-refractivity contribution in [3.8, 4) is 0 Å². The Hall–Kier alpha value is -0.120. The van der Waals surface area contributed by atoms with Crippen molar-refractivity contribution in [3.05, 3.63) is 0 Å². The number of likely N-dealkylation sites (N-methyl/N-ethyl adjacent to an activating group) is 1. The van der Waals surface area contributed by atoms with Crippen LogP contribution in [0, 0.1) is 5.41 Å². The van der Waals surface area contributed by atoms with Gasteiger partial charge >= 0.3 is 0 Å². The lowest BCUT2D eigenvalue weighted by atomic mass is 9.66. The summed E-state index contributed by atoms with van der Waals surface area (Å²) >= 11 is 0. The van der Waals surface area contributed by atoms with Gasteiger partial charge in [-0.05, 0) is 45.1 Å². The van der Waals surface area contributed by atoms with Crippen molar-refractivity contribution in [1.82, 2.24) is 10.2 Å². The summed E-state index contributed by atoms with van der Waals surface area (Å²) in [7, 11) is 2.21. The number of hydrogen-bond donors (Lipinski definition) is 2. The van der Waals surface area contributed by atoms with E-state index in [9.17, 15) is 0 Å². The molecule has 94 valence electrons. The highest BCUT2D eigenvalue weighted by Crippen LogP contribution is 2.43. The van der Waals surface area contributed by atoms with Gasteiger partial charge in [0.25, 0.3) is 0 Å². The second-order valence-electron chi connectivity index (χ2n) is 5.93. The van der Waals surface area contributed by atoms with Gasteiger partial charge in [0.05, 0.1) is 0 Å². The SMILES string of the molecule is CC1CC(NCC2(CCO)CCC2)CN1C. The van der Waals surface area contributed by atoms with Crippen LogP contribution in [0.2, 0.25) is 0 Å². The summed E-state index contributed by atoms with van der Waals surface area (Å²) in [5.41, 5.74) is 0.430. The molecule has 2 fully saturated rings. The molecular formula is C13H26N2O. The van der Waals surface area contributed by atoms with Gasteiger partial charge in [0.2, 0.25) is 0 Å². The molecule has 2 rings (SSSR count). The van der Waals surface area contributed by atoms with Gasteiger partial charge in [-0.2, -0.15) is 0 Å². The van der Waals surface area contributed by atoms with Crippen molar-refractivity contribution < 1.29 is 5.11 Å². The average Bonchev–Trinajstić information content (AvgIpc) is 2.51. The molecule has 1 saturated heterocycles. The molecule has 3 nitrogen and oxygen atoms in total. The first-order valence-corrected chi connectivity index (χ1v) is 6.70. The monoisotopic (exact) mass is 226 g/mol. The van der Waals surface area contributed by atoms with Crippen molar-refractivity contribution in [2.75, 3.05) is 26.7 Å². The molecule has 0 radical (unpaired) electrons. The zero-order chi connectivity index (χ0) is 11.6. The minimum absolute atomic E-state index is 0.350. The van der Waals surface area contributed by atoms with Crippen LogP contribution >= 0.6 is 0 Å². The Kier molecular flexibility index (Phi) is 3.88. The first kappa shape index (κ1) is 12.3. The van der Waals surface area contributed by atoms with Crippen molar-refractivity contribution in [3.63, 3.8) is 0 Å². The van der Waals surface area contributed by atoms with Gasteiger partial charge in [0.15, 0.2) is 0 Å². The number of rotatable bonds is 5. The molecule has 1 saturated carbocycles. The van der Waals surface area contributed by atoms with Gasteiger partial charge in [-0.3, -0.25) is 0 Å². The van der Waals surface area contributed by atoms with E-state index in [0.717, 1.165) is 13.0 Å². The molecule has 2 atom stereocenters. The first-order valence-electron chi connectivity index (χ1n) is 6.70. The lowest BCUT2D eigenvalue weighted by Crippen LogP contribution is -2.44. The number of hydrogen-bond acceptors (Lipinski definition) is 3. The molecule has 0 bridgehead atoms. The van der Waals surface area contributed by atoms with E-state index < -0.39 is 0 Å². The number of aliphatic hydroxyl groups excluding tert-OH is 1. The van der Waals surface area contributed by atoms with Crippen LogP contribution in [0.5, 0.6) is 0 Å². The van der Waals surface area contributed by atoms with Gasteiger partial charge in [-0.15, -0.1) is 0 Å². The second-order valence-corrected chi connectivity index (χ2v) is 5.93. The maximum atomic E-state index is 9.11. The van der Waals surface area contributed by atoms with Gasteiger partial charge in [-0.25, -0.2) is 0 Å². The lowest BCUT2D eigenvalue weighted by Gasteiger charge is -2.42. The molecule has 16 heavy (non-hydrogen) atoms. The summed E-state index contributed by atoms with van der Waals surface area (Å²) in [6.45, 7) is 4.94. The summed E-state index contributed by atoms with van der Waals surface area (Å²) in [6.07, 6.45) is 6.21. The van der Waals surface area contributed by atoms with Crippen LogP contribution in [0.15, 0.2) is 0 Å². The van der Waals surface area contributed by atoms with Crippen molar-refractivity contribution in [2.45, 2.75) is 51.1 Å². The predicted octanol–water partition coefficient (Wildman–Crippen LogP) is 1.22. The van der Waals surface area contributed by atoms with Crippen molar-refractivity contribution >= 4 is 0 Å². The molecule has 1 aliphatic carbocycles. The second kappa shape index (κ2) is 5.03. The van der Waals surface area contributed by atoms with Crippen LogP contribution in [-0.2, 0) is 0 Å². The summed E-state index contributed by atoms with van der Waals surface area (Å²) in [5, 5.41) is 12.8. The Morgan fingerprint density at radius 3 is 2.62 bits per heavy atom. The fourth-order valence-electron chi connectivity index (χ4n) is 3.13. The van der Waals surface area contributed by atoms with E-state index in [1.807, 2.05) is 0 Å². The van der Waals surface area contributed by atoms with E-state index in [0.29, 0.717) is 24.1 Å². The summed E-state index contributed by atoms with van der Waals surface area (Å²) in [4.78, 5) is 2.43. The van der Waals surface area contributed by atoms with E-state index in [2.05, 4.69) is 24.2 Å². The molecule has 0 amide bonds. The smallest absolute Gasteiger partial charge is 0.0436 e. The molecule has 2 aliphatic rings. The third-order valence-corrected chi connectivity index (χ3v) is 4.71. The van der Waals surface area contributed by atoms with Gasteiger partial charge in [0.1, 0.15) is 0 Å². The van der Waals surface area contributed by atoms with Crippen LogP contribution in [-0.4, -0.2) is 48.8 Å². The van der Waals surface area contributed by atoms with E-state index in [-0.39, 0.29) is 0 Å². The van der Waals surface area contributed by atoms with Gasteiger partial charge < -0.3 is 15.3 Å². The minimum Gasteiger partial charge on any atom is -0.396 e. The average molecular weight is 226 g/mol. The molecule has 1 heterocycles. The lowest BCUT2D eigenvalue weighted by molar-refractivity contribution is 0.0830. The molecule has 2 unspecified atom stereocenters. The quantitative estimate of drug-likeness (QED) is 0.740. The van der Waals surface area contributed by atoms with Crippen LogP contribution < -0.4 is 5.32 Å². The van der Waals surface area contributed by atoms with Crippen LogP contribution in [0.4, 0.5) is 0 Å². The highest BCUT2D eigenvalue weighted by Gasteiger charge is 2.37. The van der Waals surface area contributed by atoms with E-state index in [1.165, 1.54) is 32.2 Å². The van der Waals surface area contributed by atoms with Gasteiger partial charge in [0, 0.05) is 31.8 Å². The third kappa shape index (κ3) is 2.58. The van der Waals surface area contributed by atoms with Crippen LogP contribution in [0.1, 0.15) is 39.0 Å². The predicted molar refractivity (Wildman–Crippen MR) is 66.5 cm³/mol. The van der Waals surface area contributed by atoms with Crippen LogP contribution in [0.3, 0.4) is 0 Å². The first-order chi connectivity index (χ1) is 7.65. The fourth-order valence-corrected chi connectivity index (χ4v) is 3.13. The molecule has 0 aromatic heterocycles. The third-order valence-electron chi connectivity index (χ3n) is 4.71. The zero-order valence-corrected chi connectivity index (χ0v) is 10.7. The standard InChI is InChI=1S/C13H26N2O/c1-11-8-12(9-15(11)2)14-10-13(6-7-16)4-3-5-13/h11-12,14,16H,3-10H2,1-2H3. The maximum absolute atomic E-state index is 9.11. The molecule has 0 aromatic rings. The summed E-state index contributed by atoms with van der Waals surface area (Å²) < 4.78 is 0. The summed E-state index contributed by atoms with van der Waals surface area (Å²) in [5.74, 6) is 0. The zero-order valence-electron chi connectivity index (χ0n) is 10.7. The molecule has 3 heteroatoms. The normalized spacial score (nSPS) is 33.9.